The van der Waals surface area contributed by atoms with Gasteiger partial charge in [-0.15, -0.1) is 0 Å². The summed E-state index contributed by atoms with van der Waals surface area (Å²) in [6.07, 6.45) is 0. The highest BCUT2D eigenvalue weighted by Crippen LogP contribution is 2.29. The number of sulfonamides is 1. The predicted octanol–water partition coefficient (Wildman–Crippen LogP) is 1.60. The third-order valence-electron chi connectivity index (χ3n) is 2.97. The third-order valence-corrected chi connectivity index (χ3v) is 4.23. The van der Waals surface area contributed by atoms with Crippen LogP contribution in [0.3, 0.4) is 0 Å². The molecular formula is C12H14ClN3O2S. The molecule has 0 saturated carbocycles. The zero-order chi connectivity index (χ0) is 14.2. The SMILES string of the molecule is CC(CN)c1cc2c(S(N)(=O)=O)cccc2c(Cl)n1. The Hall–Kier alpha value is -1.21. The minimum absolute atomic E-state index is 0.0181. The molecule has 1 heterocycles. The van der Waals surface area contributed by atoms with Crippen LogP contribution in [0.2, 0.25) is 5.15 Å². The molecule has 1 aromatic carbocycles. The summed E-state index contributed by atoms with van der Waals surface area (Å²) in [6, 6.07) is 6.42. The molecule has 4 N–H and O–H groups in total. The van der Waals surface area contributed by atoms with Gasteiger partial charge in [0.1, 0.15) is 5.15 Å². The van der Waals surface area contributed by atoms with Gasteiger partial charge >= 0.3 is 0 Å². The molecule has 0 radical (unpaired) electrons. The molecule has 2 rings (SSSR count). The molecule has 0 bridgehead atoms. The topological polar surface area (TPSA) is 99.1 Å². The van der Waals surface area contributed by atoms with Crippen LogP contribution >= 0.6 is 11.6 Å². The van der Waals surface area contributed by atoms with Crippen LogP contribution in [-0.2, 0) is 10.0 Å². The van der Waals surface area contributed by atoms with Crippen molar-refractivity contribution in [3.63, 3.8) is 0 Å². The van der Waals surface area contributed by atoms with Gasteiger partial charge in [-0.25, -0.2) is 18.5 Å². The molecule has 0 aliphatic carbocycles. The molecule has 1 atom stereocenters. The number of hydrogen-bond donors (Lipinski definition) is 2. The molecule has 2 aromatic rings. The summed E-state index contributed by atoms with van der Waals surface area (Å²) in [6.45, 7) is 2.29. The maximum Gasteiger partial charge on any atom is 0.238 e. The van der Waals surface area contributed by atoms with E-state index in [1.165, 1.54) is 6.07 Å². The molecular weight excluding hydrogens is 286 g/mol. The van der Waals surface area contributed by atoms with Crippen LogP contribution < -0.4 is 10.9 Å². The van der Waals surface area contributed by atoms with Crippen molar-refractivity contribution in [2.75, 3.05) is 6.54 Å². The summed E-state index contributed by atoms with van der Waals surface area (Å²) in [4.78, 5) is 4.29. The van der Waals surface area contributed by atoms with E-state index in [1.807, 2.05) is 6.92 Å². The largest absolute Gasteiger partial charge is 0.330 e. The summed E-state index contributed by atoms with van der Waals surface area (Å²) in [5.41, 5.74) is 6.25. The van der Waals surface area contributed by atoms with Gasteiger partial charge in [0.25, 0.3) is 0 Å². The van der Waals surface area contributed by atoms with Crippen molar-refractivity contribution >= 4 is 32.4 Å². The number of rotatable bonds is 3. The van der Waals surface area contributed by atoms with Crippen molar-refractivity contribution in [3.8, 4) is 0 Å². The Bertz CT molecular complexity index is 731. The number of halogens is 1. The van der Waals surface area contributed by atoms with Crippen LogP contribution in [0.25, 0.3) is 10.8 Å². The molecule has 5 nitrogen and oxygen atoms in total. The lowest BCUT2D eigenvalue weighted by Crippen LogP contribution is -2.14. The van der Waals surface area contributed by atoms with Crippen molar-refractivity contribution in [1.82, 2.24) is 4.98 Å². The zero-order valence-electron chi connectivity index (χ0n) is 10.3. The molecule has 7 heteroatoms. The van der Waals surface area contributed by atoms with Crippen LogP contribution in [0.4, 0.5) is 0 Å². The molecule has 19 heavy (non-hydrogen) atoms. The first-order valence-electron chi connectivity index (χ1n) is 5.66. The van der Waals surface area contributed by atoms with Gasteiger partial charge in [0, 0.05) is 28.9 Å². The van der Waals surface area contributed by atoms with E-state index in [-0.39, 0.29) is 16.0 Å². The number of nitrogens with two attached hydrogens (primary N) is 2. The fraction of sp³-hybridized carbons (Fsp3) is 0.250. The highest BCUT2D eigenvalue weighted by atomic mass is 35.5. The highest BCUT2D eigenvalue weighted by Gasteiger charge is 2.16. The van der Waals surface area contributed by atoms with E-state index in [4.69, 9.17) is 22.5 Å². The zero-order valence-corrected chi connectivity index (χ0v) is 11.9. The second kappa shape index (κ2) is 5.05. The minimum Gasteiger partial charge on any atom is -0.330 e. The normalized spacial score (nSPS) is 13.7. The van der Waals surface area contributed by atoms with Crippen molar-refractivity contribution in [1.29, 1.82) is 0 Å². The lowest BCUT2D eigenvalue weighted by atomic mass is 10.0. The summed E-state index contributed by atoms with van der Waals surface area (Å²) in [7, 11) is -3.81. The first-order chi connectivity index (χ1) is 8.84. The molecule has 0 aliphatic heterocycles. The molecule has 102 valence electrons. The first kappa shape index (κ1) is 14.2. The Kier molecular flexibility index (Phi) is 3.78. The van der Waals surface area contributed by atoms with E-state index in [2.05, 4.69) is 4.98 Å². The lowest BCUT2D eigenvalue weighted by molar-refractivity contribution is 0.598. The van der Waals surface area contributed by atoms with Gasteiger partial charge in [-0.1, -0.05) is 30.7 Å². The van der Waals surface area contributed by atoms with Gasteiger partial charge in [0.2, 0.25) is 10.0 Å². The summed E-state index contributed by atoms with van der Waals surface area (Å²) < 4.78 is 23.2. The number of primary sulfonamides is 1. The number of nitrogens with zero attached hydrogens (tertiary/aromatic N) is 1. The number of benzene rings is 1. The van der Waals surface area contributed by atoms with Crippen LogP contribution in [0.1, 0.15) is 18.5 Å². The van der Waals surface area contributed by atoms with Gasteiger partial charge in [0.05, 0.1) is 4.90 Å². The molecule has 0 spiro atoms. The summed E-state index contributed by atoms with van der Waals surface area (Å²) >= 11 is 6.10. The maximum atomic E-state index is 11.6. The van der Waals surface area contributed by atoms with Crippen LogP contribution in [0.15, 0.2) is 29.2 Å². The van der Waals surface area contributed by atoms with E-state index in [0.717, 1.165) is 0 Å². The van der Waals surface area contributed by atoms with Crippen molar-refractivity contribution in [2.24, 2.45) is 10.9 Å². The average molecular weight is 300 g/mol. The van der Waals surface area contributed by atoms with E-state index in [9.17, 15) is 8.42 Å². The van der Waals surface area contributed by atoms with Gasteiger partial charge in [-0.3, -0.25) is 0 Å². The van der Waals surface area contributed by atoms with Crippen molar-refractivity contribution in [2.45, 2.75) is 17.7 Å². The number of hydrogen-bond acceptors (Lipinski definition) is 4. The van der Waals surface area contributed by atoms with Crippen LogP contribution in [0, 0.1) is 0 Å². The number of pyridine rings is 1. The Morgan fingerprint density at radius 3 is 2.63 bits per heavy atom. The summed E-state index contributed by atoms with van der Waals surface area (Å²) in [5, 5.41) is 6.49. The molecule has 0 fully saturated rings. The third kappa shape index (κ3) is 2.71. The second-order valence-electron chi connectivity index (χ2n) is 4.37. The fourth-order valence-corrected chi connectivity index (χ4v) is 2.85. The van der Waals surface area contributed by atoms with Crippen molar-refractivity contribution in [3.05, 3.63) is 35.1 Å². The van der Waals surface area contributed by atoms with Gasteiger partial charge in [-0.2, -0.15) is 0 Å². The average Bonchev–Trinajstić information content (AvgIpc) is 2.35. The van der Waals surface area contributed by atoms with Crippen LogP contribution in [-0.4, -0.2) is 19.9 Å². The molecule has 1 unspecified atom stereocenters. The molecule has 1 aromatic heterocycles. The van der Waals surface area contributed by atoms with Crippen LogP contribution in [0.5, 0.6) is 0 Å². The molecule has 0 amide bonds. The van der Waals surface area contributed by atoms with Gasteiger partial charge in [-0.05, 0) is 12.1 Å². The van der Waals surface area contributed by atoms with Gasteiger partial charge < -0.3 is 5.73 Å². The Morgan fingerprint density at radius 1 is 1.37 bits per heavy atom. The lowest BCUT2D eigenvalue weighted by Gasteiger charge is -2.12. The van der Waals surface area contributed by atoms with E-state index in [1.54, 1.807) is 18.2 Å². The number of aromatic nitrogens is 1. The van der Waals surface area contributed by atoms with E-state index < -0.39 is 10.0 Å². The fourth-order valence-electron chi connectivity index (χ4n) is 1.85. The van der Waals surface area contributed by atoms with Crippen molar-refractivity contribution < 1.29 is 8.42 Å². The van der Waals surface area contributed by atoms with E-state index in [0.29, 0.717) is 23.0 Å². The monoisotopic (exact) mass is 299 g/mol. The second-order valence-corrected chi connectivity index (χ2v) is 6.26. The maximum absolute atomic E-state index is 11.6. The first-order valence-corrected chi connectivity index (χ1v) is 7.59. The smallest absolute Gasteiger partial charge is 0.238 e. The Balaban J connectivity index is 2.84. The Morgan fingerprint density at radius 2 is 2.05 bits per heavy atom. The summed E-state index contributed by atoms with van der Waals surface area (Å²) in [5.74, 6) is -0.0181. The standard InChI is InChI=1S/C12H14ClN3O2S/c1-7(6-14)10-5-9-8(12(13)16-10)3-2-4-11(9)19(15,17)18/h2-5,7H,6,14H2,1H3,(H2,15,17,18). The quantitative estimate of drug-likeness (QED) is 0.841. The predicted molar refractivity (Wildman–Crippen MR) is 75.6 cm³/mol. The Labute approximate surface area is 116 Å². The van der Waals surface area contributed by atoms with Gasteiger partial charge in [0.15, 0.2) is 0 Å². The molecule has 0 aliphatic rings. The molecule has 0 saturated heterocycles. The minimum atomic E-state index is -3.81. The highest BCUT2D eigenvalue weighted by molar-refractivity contribution is 7.89. The van der Waals surface area contributed by atoms with E-state index >= 15 is 0 Å². The number of fused-ring (bicyclic) bond motifs is 1.